The first-order valence-corrected chi connectivity index (χ1v) is 13.1. The van der Waals surface area contributed by atoms with E-state index in [-0.39, 0.29) is 11.7 Å². The number of nitrogens with zero attached hydrogens (tertiary/aromatic N) is 3. The zero-order valence-corrected chi connectivity index (χ0v) is 21.4. The molecule has 0 saturated carbocycles. The molecular weight excluding hydrogens is 523 g/mol. The van der Waals surface area contributed by atoms with E-state index in [0.717, 1.165) is 26.7 Å². The molecule has 4 aromatic rings. The molecule has 11 heteroatoms. The Morgan fingerprint density at radius 1 is 1.03 bits per heavy atom. The second-order valence-corrected chi connectivity index (χ2v) is 9.91. The number of hydrogen-bond donors (Lipinski definition) is 3. The van der Waals surface area contributed by atoms with Crippen molar-refractivity contribution in [2.75, 3.05) is 16.5 Å². The standard InChI is InChI=1S/C24H20Cl2N6OS2/c25-18-8-5-6-16(12-18)13-27-30-23-29-24(32-31-23)35-15-22(33)28-20-10-3-4-11-21(20)34-14-17-7-1-2-9-19(17)26/h1-13H,14-15H2,(H,28,33)(H2,29,30,31,32)/b27-13+. The van der Waals surface area contributed by atoms with Gasteiger partial charge in [-0.2, -0.15) is 10.1 Å². The lowest BCUT2D eigenvalue weighted by Gasteiger charge is -2.11. The average Bonchev–Trinajstić information content (AvgIpc) is 3.31. The monoisotopic (exact) mass is 542 g/mol. The molecule has 178 valence electrons. The number of halogens is 2. The molecule has 0 bridgehead atoms. The minimum Gasteiger partial charge on any atom is -0.324 e. The molecule has 0 spiro atoms. The van der Waals surface area contributed by atoms with Gasteiger partial charge in [0, 0.05) is 20.7 Å². The first-order chi connectivity index (χ1) is 17.1. The van der Waals surface area contributed by atoms with Crippen LogP contribution in [0.1, 0.15) is 11.1 Å². The molecule has 0 aliphatic heterocycles. The number of aromatic nitrogens is 3. The van der Waals surface area contributed by atoms with Crippen LogP contribution >= 0.6 is 46.7 Å². The molecule has 1 amide bonds. The number of rotatable bonds is 10. The van der Waals surface area contributed by atoms with Gasteiger partial charge < -0.3 is 5.32 Å². The molecule has 3 aromatic carbocycles. The van der Waals surface area contributed by atoms with Crippen LogP contribution in [-0.2, 0) is 10.5 Å². The Balaban J connectivity index is 1.27. The first kappa shape index (κ1) is 25.1. The van der Waals surface area contributed by atoms with Crippen LogP contribution in [0.4, 0.5) is 11.6 Å². The third-order valence-corrected chi connectivity index (χ3v) is 7.11. The molecule has 0 aliphatic carbocycles. The van der Waals surface area contributed by atoms with Gasteiger partial charge in [0.25, 0.3) is 0 Å². The summed E-state index contributed by atoms with van der Waals surface area (Å²) in [5.41, 5.74) is 5.41. The summed E-state index contributed by atoms with van der Waals surface area (Å²) in [5.74, 6) is 1.08. The fourth-order valence-corrected chi connectivity index (χ4v) is 4.99. The van der Waals surface area contributed by atoms with Crippen LogP contribution < -0.4 is 10.7 Å². The molecule has 3 N–H and O–H groups in total. The first-order valence-electron chi connectivity index (χ1n) is 10.4. The number of hydrazone groups is 1. The van der Waals surface area contributed by atoms with E-state index in [2.05, 4.69) is 31.0 Å². The highest BCUT2D eigenvalue weighted by Crippen LogP contribution is 2.32. The van der Waals surface area contributed by atoms with Crippen molar-refractivity contribution in [3.8, 4) is 0 Å². The predicted molar refractivity (Wildman–Crippen MR) is 146 cm³/mol. The number of H-pyrrole nitrogens is 1. The summed E-state index contributed by atoms with van der Waals surface area (Å²) >= 11 is 15.1. The molecule has 4 rings (SSSR count). The quantitative estimate of drug-likeness (QED) is 0.119. The van der Waals surface area contributed by atoms with E-state index in [1.165, 1.54) is 11.8 Å². The van der Waals surface area contributed by atoms with Gasteiger partial charge in [-0.05, 0) is 41.5 Å². The van der Waals surface area contributed by atoms with Gasteiger partial charge in [0.05, 0.1) is 17.7 Å². The number of carbonyl (C=O) groups is 1. The second kappa shape index (κ2) is 12.6. The summed E-state index contributed by atoms with van der Waals surface area (Å²) in [6.07, 6.45) is 1.62. The van der Waals surface area contributed by atoms with Crippen LogP contribution in [0.5, 0.6) is 0 Å². The number of carbonyl (C=O) groups excluding carboxylic acids is 1. The van der Waals surface area contributed by atoms with Crippen LogP contribution in [0.15, 0.2) is 87.9 Å². The lowest BCUT2D eigenvalue weighted by atomic mass is 10.2. The van der Waals surface area contributed by atoms with Crippen LogP contribution in [-0.4, -0.2) is 33.1 Å². The van der Waals surface area contributed by atoms with Gasteiger partial charge in [0.2, 0.25) is 17.0 Å². The van der Waals surface area contributed by atoms with Gasteiger partial charge in [-0.3, -0.25) is 4.79 Å². The fraction of sp³-hybridized carbons (Fsp3) is 0.0833. The van der Waals surface area contributed by atoms with Gasteiger partial charge in [-0.1, -0.05) is 77.4 Å². The number of thioether (sulfide) groups is 2. The van der Waals surface area contributed by atoms with Gasteiger partial charge in [0.15, 0.2) is 0 Å². The maximum absolute atomic E-state index is 12.6. The Morgan fingerprint density at radius 3 is 2.71 bits per heavy atom. The Hall–Kier alpha value is -2.98. The second-order valence-electron chi connectivity index (χ2n) is 7.10. The Morgan fingerprint density at radius 2 is 1.86 bits per heavy atom. The van der Waals surface area contributed by atoms with E-state index in [0.29, 0.717) is 21.9 Å². The van der Waals surface area contributed by atoms with Crippen LogP contribution in [0, 0.1) is 0 Å². The van der Waals surface area contributed by atoms with E-state index in [1.807, 2.05) is 60.7 Å². The zero-order chi connectivity index (χ0) is 24.5. The molecule has 0 aliphatic rings. The van der Waals surface area contributed by atoms with Crippen molar-refractivity contribution >= 4 is 70.5 Å². The van der Waals surface area contributed by atoms with Crippen LogP contribution in [0.25, 0.3) is 0 Å². The van der Waals surface area contributed by atoms with Crippen molar-refractivity contribution in [3.05, 3.63) is 94.0 Å². The minimum absolute atomic E-state index is 0.154. The van der Waals surface area contributed by atoms with Crippen molar-refractivity contribution in [2.45, 2.75) is 15.8 Å². The highest BCUT2D eigenvalue weighted by Gasteiger charge is 2.11. The number of nitrogens with one attached hydrogen (secondary N) is 3. The van der Waals surface area contributed by atoms with Crippen molar-refractivity contribution in [3.63, 3.8) is 0 Å². The SMILES string of the molecule is O=C(CSc1n[nH]c(N/N=C/c2cccc(Cl)c2)n1)Nc1ccccc1SCc1ccccc1Cl. The maximum Gasteiger partial charge on any atom is 0.240 e. The normalized spacial score (nSPS) is 11.0. The molecule has 0 radical (unpaired) electrons. The third-order valence-electron chi connectivity index (χ3n) is 4.53. The Labute approximate surface area is 221 Å². The number of anilines is 2. The fourth-order valence-electron chi connectivity index (χ4n) is 2.90. The molecule has 0 atom stereocenters. The average molecular weight is 544 g/mol. The smallest absolute Gasteiger partial charge is 0.240 e. The van der Waals surface area contributed by atoms with E-state index < -0.39 is 0 Å². The van der Waals surface area contributed by atoms with Gasteiger partial charge in [-0.25, -0.2) is 10.5 Å². The van der Waals surface area contributed by atoms with E-state index in [4.69, 9.17) is 23.2 Å². The molecule has 35 heavy (non-hydrogen) atoms. The molecule has 0 fully saturated rings. The predicted octanol–water partition coefficient (Wildman–Crippen LogP) is 6.58. The number of hydrogen-bond acceptors (Lipinski definition) is 7. The summed E-state index contributed by atoms with van der Waals surface area (Å²) in [5, 5.41) is 15.7. The summed E-state index contributed by atoms with van der Waals surface area (Å²) in [6.45, 7) is 0. The van der Waals surface area contributed by atoms with Gasteiger partial charge in [0.1, 0.15) is 0 Å². The number of amides is 1. The van der Waals surface area contributed by atoms with Gasteiger partial charge >= 0.3 is 0 Å². The summed E-state index contributed by atoms with van der Waals surface area (Å²) in [4.78, 5) is 17.8. The zero-order valence-electron chi connectivity index (χ0n) is 18.2. The van der Waals surface area contributed by atoms with E-state index >= 15 is 0 Å². The summed E-state index contributed by atoms with van der Waals surface area (Å²) < 4.78 is 0. The van der Waals surface area contributed by atoms with E-state index in [1.54, 1.807) is 30.1 Å². The van der Waals surface area contributed by atoms with Crippen LogP contribution in [0.3, 0.4) is 0 Å². The molecule has 1 aromatic heterocycles. The molecule has 1 heterocycles. The van der Waals surface area contributed by atoms with E-state index in [9.17, 15) is 4.79 Å². The number of para-hydroxylation sites is 1. The highest BCUT2D eigenvalue weighted by molar-refractivity contribution is 7.99. The molecular formula is C24H20Cl2N6OS2. The topological polar surface area (TPSA) is 95.1 Å². The highest BCUT2D eigenvalue weighted by atomic mass is 35.5. The maximum atomic E-state index is 12.6. The number of benzene rings is 3. The van der Waals surface area contributed by atoms with Crippen molar-refractivity contribution < 1.29 is 4.79 Å². The molecule has 0 saturated heterocycles. The van der Waals surface area contributed by atoms with Crippen molar-refractivity contribution in [1.82, 2.24) is 15.2 Å². The van der Waals surface area contributed by atoms with Crippen molar-refractivity contribution in [1.29, 1.82) is 0 Å². The Kier molecular flexibility index (Phi) is 9.08. The van der Waals surface area contributed by atoms with Crippen LogP contribution in [0.2, 0.25) is 10.0 Å². The largest absolute Gasteiger partial charge is 0.324 e. The number of aromatic amines is 1. The van der Waals surface area contributed by atoms with Crippen molar-refractivity contribution in [2.24, 2.45) is 5.10 Å². The lowest BCUT2D eigenvalue weighted by Crippen LogP contribution is -2.14. The summed E-state index contributed by atoms with van der Waals surface area (Å²) in [6, 6.07) is 22.7. The minimum atomic E-state index is -0.154. The molecule has 7 nitrogen and oxygen atoms in total. The third kappa shape index (κ3) is 7.76. The Bertz CT molecular complexity index is 1330. The summed E-state index contributed by atoms with van der Waals surface area (Å²) in [7, 11) is 0. The lowest BCUT2D eigenvalue weighted by molar-refractivity contribution is -0.113. The van der Waals surface area contributed by atoms with Gasteiger partial charge in [-0.15, -0.1) is 16.9 Å². The molecule has 0 unspecified atom stereocenters.